The normalized spacial score (nSPS) is 12.2. The maximum Gasteiger partial charge on any atom is 0.138 e. The Hall–Kier alpha value is -2.71. The van der Waals surface area contributed by atoms with Crippen LogP contribution in [-0.2, 0) is 6.42 Å². The van der Waals surface area contributed by atoms with Gasteiger partial charge in [-0.2, -0.15) is 5.26 Å². The molecule has 0 fully saturated rings. The lowest BCUT2D eigenvalue weighted by molar-refractivity contribution is 0.807. The Labute approximate surface area is 122 Å². The molecule has 3 aromatic rings. The van der Waals surface area contributed by atoms with E-state index in [0.29, 0.717) is 5.82 Å². The standard InChI is InChI=1S/C16H15N5/c1-11(18)12-6-7-15(19-10-12)21-14-5-3-2-4-13(14)20-16(21)8-9-17/h2-7,10-11H,8,18H2,1H3. The highest BCUT2D eigenvalue weighted by molar-refractivity contribution is 5.77. The number of rotatable bonds is 3. The predicted octanol–water partition coefficient (Wildman–Crippen LogP) is 2.51. The number of nitriles is 1. The van der Waals surface area contributed by atoms with Crippen molar-refractivity contribution in [3.8, 4) is 11.9 Å². The largest absolute Gasteiger partial charge is 0.324 e. The van der Waals surface area contributed by atoms with Gasteiger partial charge < -0.3 is 5.73 Å². The van der Waals surface area contributed by atoms with Crippen molar-refractivity contribution in [1.82, 2.24) is 14.5 Å². The smallest absolute Gasteiger partial charge is 0.138 e. The average Bonchev–Trinajstić information content (AvgIpc) is 2.85. The Morgan fingerprint density at radius 2 is 2.10 bits per heavy atom. The molecule has 0 bridgehead atoms. The van der Waals surface area contributed by atoms with Crippen molar-refractivity contribution < 1.29 is 0 Å². The molecule has 5 nitrogen and oxygen atoms in total. The van der Waals surface area contributed by atoms with Crippen molar-refractivity contribution in [3.05, 3.63) is 54.0 Å². The van der Waals surface area contributed by atoms with Crippen molar-refractivity contribution in [3.63, 3.8) is 0 Å². The lowest BCUT2D eigenvalue weighted by atomic mass is 10.1. The van der Waals surface area contributed by atoms with Gasteiger partial charge in [-0.1, -0.05) is 18.2 Å². The summed E-state index contributed by atoms with van der Waals surface area (Å²) >= 11 is 0. The molecule has 0 spiro atoms. The first-order valence-electron chi connectivity index (χ1n) is 6.76. The Bertz CT molecular complexity index is 809. The molecule has 2 aromatic heterocycles. The molecule has 104 valence electrons. The van der Waals surface area contributed by atoms with E-state index in [2.05, 4.69) is 16.0 Å². The molecule has 3 rings (SSSR count). The van der Waals surface area contributed by atoms with Crippen LogP contribution in [0.5, 0.6) is 0 Å². The highest BCUT2D eigenvalue weighted by Gasteiger charge is 2.13. The number of aromatic nitrogens is 3. The van der Waals surface area contributed by atoms with E-state index >= 15 is 0 Å². The van der Waals surface area contributed by atoms with Crippen molar-refractivity contribution in [2.24, 2.45) is 5.73 Å². The van der Waals surface area contributed by atoms with Gasteiger partial charge in [0.15, 0.2) is 0 Å². The van der Waals surface area contributed by atoms with Gasteiger partial charge >= 0.3 is 0 Å². The second-order valence-corrected chi connectivity index (χ2v) is 4.93. The fraction of sp³-hybridized carbons (Fsp3) is 0.188. The van der Waals surface area contributed by atoms with E-state index in [4.69, 9.17) is 11.0 Å². The highest BCUT2D eigenvalue weighted by Crippen LogP contribution is 2.21. The molecule has 0 aliphatic heterocycles. The van der Waals surface area contributed by atoms with E-state index in [1.54, 1.807) is 6.20 Å². The molecule has 5 heteroatoms. The lowest BCUT2D eigenvalue weighted by Gasteiger charge is -2.09. The van der Waals surface area contributed by atoms with Crippen LogP contribution in [0.15, 0.2) is 42.6 Å². The maximum atomic E-state index is 8.99. The van der Waals surface area contributed by atoms with Crippen LogP contribution in [0.25, 0.3) is 16.9 Å². The summed E-state index contributed by atoms with van der Waals surface area (Å²) in [5.41, 5.74) is 8.64. The summed E-state index contributed by atoms with van der Waals surface area (Å²) in [7, 11) is 0. The van der Waals surface area contributed by atoms with E-state index in [0.717, 1.165) is 22.4 Å². The predicted molar refractivity (Wildman–Crippen MR) is 80.8 cm³/mol. The minimum atomic E-state index is -0.0512. The summed E-state index contributed by atoms with van der Waals surface area (Å²) in [5, 5.41) is 8.99. The SMILES string of the molecule is CC(N)c1ccc(-n2c(CC#N)nc3ccccc32)nc1. The van der Waals surface area contributed by atoms with Gasteiger partial charge in [-0.15, -0.1) is 0 Å². The van der Waals surface area contributed by atoms with Crippen LogP contribution in [0, 0.1) is 11.3 Å². The van der Waals surface area contributed by atoms with Gasteiger partial charge in [0.05, 0.1) is 23.5 Å². The zero-order valence-corrected chi connectivity index (χ0v) is 11.7. The summed E-state index contributed by atoms with van der Waals surface area (Å²) in [5.74, 6) is 1.44. The Morgan fingerprint density at radius 3 is 2.76 bits per heavy atom. The topological polar surface area (TPSA) is 80.5 Å². The second kappa shape index (κ2) is 5.35. The lowest BCUT2D eigenvalue weighted by Crippen LogP contribution is -2.07. The summed E-state index contributed by atoms with van der Waals surface area (Å²) in [6.07, 6.45) is 2.01. The highest BCUT2D eigenvalue weighted by atomic mass is 15.1. The van der Waals surface area contributed by atoms with Crippen molar-refractivity contribution in [1.29, 1.82) is 5.26 Å². The van der Waals surface area contributed by atoms with E-state index in [-0.39, 0.29) is 12.5 Å². The Balaban J connectivity index is 2.18. The summed E-state index contributed by atoms with van der Waals surface area (Å²) in [6, 6.07) is 13.8. The van der Waals surface area contributed by atoms with Gasteiger partial charge in [0.2, 0.25) is 0 Å². The quantitative estimate of drug-likeness (QED) is 0.797. The average molecular weight is 277 g/mol. The molecule has 2 N–H and O–H groups in total. The molecule has 0 saturated carbocycles. The molecule has 1 aromatic carbocycles. The monoisotopic (exact) mass is 277 g/mol. The van der Waals surface area contributed by atoms with Crippen molar-refractivity contribution in [2.45, 2.75) is 19.4 Å². The molecule has 0 radical (unpaired) electrons. The summed E-state index contributed by atoms with van der Waals surface area (Å²) < 4.78 is 1.92. The Morgan fingerprint density at radius 1 is 1.29 bits per heavy atom. The fourth-order valence-electron chi connectivity index (χ4n) is 2.32. The van der Waals surface area contributed by atoms with Crippen LogP contribution in [0.4, 0.5) is 0 Å². The second-order valence-electron chi connectivity index (χ2n) is 4.93. The number of nitrogens with zero attached hydrogens (tertiary/aromatic N) is 4. The van der Waals surface area contributed by atoms with Crippen LogP contribution in [-0.4, -0.2) is 14.5 Å². The molecule has 1 unspecified atom stereocenters. The minimum Gasteiger partial charge on any atom is -0.324 e. The van der Waals surface area contributed by atoms with Crippen molar-refractivity contribution in [2.75, 3.05) is 0 Å². The molecular weight excluding hydrogens is 262 g/mol. The summed E-state index contributed by atoms with van der Waals surface area (Å²) in [6.45, 7) is 1.92. The van der Waals surface area contributed by atoms with Crippen molar-refractivity contribution >= 4 is 11.0 Å². The molecule has 0 saturated heterocycles. The Kier molecular flexibility index (Phi) is 3.38. The molecule has 0 aliphatic carbocycles. The van der Waals surface area contributed by atoms with Gasteiger partial charge in [0.1, 0.15) is 11.6 Å². The molecule has 21 heavy (non-hydrogen) atoms. The first-order chi connectivity index (χ1) is 10.2. The third kappa shape index (κ3) is 2.37. The van der Waals surface area contributed by atoms with Gasteiger partial charge in [0.25, 0.3) is 0 Å². The molecule has 0 amide bonds. The van der Waals surface area contributed by atoms with Gasteiger partial charge in [-0.3, -0.25) is 4.57 Å². The first kappa shape index (κ1) is 13.3. The van der Waals surface area contributed by atoms with E-state index in [1.165, 1.54) is 0 Å². The number of hydrogen-bond donors (Lipinski definition) is 1. The van der Waals surface area contributed by atoms with Crippen LogP contribution in [0.1, 0.15) is 24.4 Å². The molecule has 1 atom stereocenters. The van der Waals surface area contributed by atoms with E-state index in [9.17, 15) is 0 Å². The van der Waals surface area contributed by atoms with E-state index in [1.807, 2.05) is 47.9 Å². The summed E-state index contributed by atoms with van der Waals surface area (Å²) in [4.78, 5) is 8.98. The third-order valence-corrected chi connectivity index (χ3v) is 3.39. The maximum absolute atomic E-state index is 8.99. The van der Waals surface area contributed by atoms with Gasteiger partial charge in [-0.05, 0) is 30.7 Å². The van der Waals surface area contributed by atoms with Gasteiger partial charge in [-0.25, -0.2) is 9.97 Å². The third-order valence-electron chi connectivity index (χ3n) is 3.39. The van der Waals surface area contributed by atoms with E-state index < -0.39 is 0 Å². The minimum absolute atomic E-state index is 0.0512. The zero-order chi connectivity index (χ0) is 14.8. The first-order valence-corrected chi connectivity index (χ1v) is 6.76. The number of benzene rings is 1. The number of pyridine rings is 1. The number of hydrogen-bond acceptors (Lipinski definition) is 4. The molecular formula is C16H15N5. The van der Waals surface area contributed by atoms with Crippen LogP contribution in [0.3, 0.4) is 0 Å². The van der Waals surface area contributed by atoms with Crippen LogP contribution < -0.4 is 5.73 Å². The molecule has 2 heterocycles. The zero-order valence-electron chi connectivity index (χ0n) is 11.7. The van der Waals surface area contributed by atoms with Gasteiger partial charge in [0, 0.05) is 12.2 Å². The number of fused-ring (bicyclic) bond motifs is 1. The number of nitrogens with two attached hydrogens (primary N) is 1. The van der Waals surface area contributed by atoms with Crippen LogP contribution >= 0.6 is 0 Å². The number of para-hydroxylation sites is 2. The van der Waals surface area contributed by atoms with Crippen LogP contribution in [0.2, 0.25) is 0 Å². The number of imidazole rings is 1. The molecule has 0 aliphatic rings. The fourth-order valence-corrected chi connectivity index (χ4v) is 2.32.